The van der Waals surface area contributed by atoms with Crippen LogP contribution in [0.3, 0.4) is 0 Å². The van der Waals surface area contributed by atoms with Gasteiger partial charge in [0.2, 0.25) is 11.8 Å². The third-order valence-electron chi connectivity index (χ3n) is 5.56. The van der Waals surface area contributed by atoms with Crippen LogP contribution in [0, 0.1) is 0 Å². The zero-order chi connectivity index (χ0) is 23.2. The van der Waals surface area contributed by atoms with Crippen LogP contribution in [0.25, 0.3) is 0 Å². The van der Waals surface area contributed by atoms with Crippen molar-refractivity contribution in [3.05, 3.63) is 82.0 Å². The van der Waals surface area contributed by atoms with E-state index in [1.54, 1.807) is 47.6 Å². The van der Waals surface area contributed by atoms with E-state index in [0.29, 0.717) is 24.2 Å². The number of aliphatic hydroxyl groups is 1. The van der Waals surface area contributed by atoms with Gasteiger partial charge in [-0.3, -0.25) is 9.59 Å². The molecule has 7 nitrogen and oxygen atoms in total. The maximum Gasteiger partial charge on any atom is 0.249 e. The summed E-state index contributed by atoms with van der Waals surface area (Å²) in [6.07, 6.45) is -0.604. The maximum atomic E-state index is 12.6. The molecule has 0 unspecified atom stereocenters. The highest BCUT2D eigenvalue weighted by Crippen LogP contribution is 2.27. The normalized spacial score (nSPS) is 17.0. The third-order valence-corrected chi connectivity index (χ3v) is 6.44. The molecule has 1 aliphatic rings. The van der Waals surface area contributed by atoms with Gasteiger partial charge in [-0.25, -0.2) is 0 Å². The highest BCUT2D eigenvalue weighted by Gasteiger charge is 2.34. The fourth-order valence-electron chi connectivity index (χ4n) is 3.78. The van der Waals surface area contributed by atoms with Gasteiger partial charge in [0.25, 0.3) is 0 Å². The summed E-state index contributed by atoms with van der Waals surface area (Å²) in [7, 11) is 1.60. The Kier molecular flexibility index (Phi) is 7.39. The molecule has 4 rings (SSSR count). The van der Waals surface area contributed by atoms with Crippen LogP contribution in [-0.4, -0.2) is 48.2 Å². The minimum absolute atomic E-state index is 0.00537. The molecule has 172 valence electrons. The summed E-state index contributed by atoms with van der Waals surface area (Å²) in [6.45, 7) is 0.599. The smallest absolute Gasteiger partial charge is 0.249 e. The topological polar surface area (TPSA) is 88.1 Å². The van der Waals surface area contributed by atoms with E-state index in [-0.39, 0.29) is 25.0 Å². The number of anilines is 1. The maximum absolute atomic E-state index is 12.6. The molecule has 1 aliphatic heterocycles. The van der Waals surface area contributed by atoms with Crippen molar-refractivity contribution < 1.29 is 24.2 Å². The van der Waals surface area contributed by atoms with Gasteiger partial charge in [0, 0.05) is 17.1 Å². The average molecular weight is 467 g/mol. The first-order valence-electron chi connectivity index (χ1n) is 10.6. The van der Waals surface area contributed by atoms with Gasteiger partial charge >= 0.3 is 0 Å². The number of thiophene rings is 1. The van der Waals surface area contributed by atoms with Crippen molar-refractivity contribution in [2.24, 2.45) is 0 Å². The van der Waals surface area contributed by atoms with Crippen LogP contribution in [0.4, 0.5) is 5.69 Å². The third kappa shape index (κ3) is 5.78. The van der Waals surface area contributed by atoms with Crippen LogP contribution < -0.4 is 10.1 Å². The number of nitrogens with one attached hydrogen (secondary N) is 1. The van der Waals surface area contributed by atoms with Crippen molar-refractivity contribution in [3.63, 3.8) is 0 Å². The monoisotopic (exact) mass is 466 g/mol. The van der Waals surface area contributed by atoms with Crippen molar-refractivity contribution >= 4 is 28.8 Å². The predicted molar refractivity (Wildman–Crippen MR) is 126 cm³/mol. The number of aliphatic hydroxyl groups excluding tert-OH is 1. The number of morpholine rings is 1. The van der Waals surface area contributed by atoms with E-state index in [4.69, 9.17) is 9.47 Å². The number of methoxy groups -OCH3 is 1. The van der Waals surface area contributed by atoms with Gasteiger partial charge in [-0.1, -0.05) is 30.3 Å². The Morgan fingerprint density at radius 1 is 1.21 bits per heavy atom. The Bertz CT molecular complexity index is 1070. The number of hydrogen-bond acceptors (Lipinski definition) is 6. The second-order valence-electron chi connectivity index (χ2n) is 7.82. The lowest BCUT2D eigenvalue weighted by atomic mass is 9.99. The molecule has 0 saturated carbocycles. The first kappa shape index (κ1) is 23.0. The molecule has 0 aliphatic carbocycles. The first-order chi connectivity index (χ1) is 16.0. The summed E-state index contributed by atoms with van der Waals surface area (Å²) in [4.78, 5) is 27.5. The van der Waals surface area contributed by atoms with Gasteiger partial charge in [0.1, 0.15) is 18.5 Å². The molecule has 0 spiro atoms. The molecule has 1 fully saturated rings. The van der Waals surface area contributed by atoms with Gasteiger partial charge in [-0.2, -0.15) is 0 Å². The van der Waals surface area contributed by atoms with Crippen molar-refractivity contribution in [1.82, 2.24) is 4.90 Å². The Hall–Kier alpha value is -3.20. The van der Waals surface area contributed by atoms with Crippen LogP contribution >= 0.6 is 11.3 Å². The summed E-state index contributed by atoms with van der Waals surface area (Å²) >= 11 is 1.54. The molecule has 3 aromatic rings. The molecule has 2 aromatic carbocycles. The van der Waals surface area contributed by atoms with Gasteiger partial charge in [-0.05, 0) is 46.8 Å². The first-order valence-corrected chi connectivity index (χ1v) is 11.5. The molecular formula is C25H26N2O5S. The summed E-state index contributed by atoms with van der Waals surface area (Å²) < 4.78 is 10.6. The van der Waals surface area contributed by atoms with E-state index in [0.717, 1.165) is 16.2 Å². The summed E-state index contributed by atoms with van der Waals surface area (Å²) in [5.74, 6) is 0.479. The van der Waals surface area contributed by atoms with Gasteiger partial charge in [0.15, 0.2) is 0 Å². The Morgan fingerprint density at radius 3 is 2.64 bits per heavy atom. The van der Waals surface area contributed by atoms with Crippen molar-refractivity contribution in [2.75, 3.05) is 25.6 Å². The second-order valence-corrected chi connectivity index (χ2v) is 8.86. The highest BCUT2D eigenvalue weighted by atomic mass is 32.1. The zero-order valence-corrected chi connectivity index (χ0v) is 19.1. The lowest BCUT2D eigenvalue weighted by Gasteiger charge is -2.38. The van der Waals surface area contributed by atoms with E-state index >= 15 is 0 Å². The fraction of sp³-hybridized carbons (Fsp3) is 0.280. The van der Waals surface area contributed by atoms with E-state index in [1.807, 2.05) is 41.8 Å². The summed E-state index contributed by atoms with van der Waals surface area (Å²) in [6, 6.07) is 17.8. The van der Waals surface area contributed by atoms with E-state index in [9.17, 15) is 14.7 Å². The fourth-order valence-corrected chi connectivity index (χ4v) is 4.49. The number of hydrogen-bond donors (Lipinski definition) is 2. The molecule has 0 radical (unpaired) electrons. The van der Waals surface area contributed by atoms with Crippen molar-refractivity contribution in [3.8, 4) is 5.75 Å². The molecule has 2 heterocycles. The van der Waals surface area contributed by atoms with Gasteiger partial charge in [0.05, 0.1) is 26.2 Å². The number of ether oxygens (including phenoxy) is 2. The van der Waals surface area contributed by atoms with Gasteiger partial charge < -0.3 is 24.8 Å². The number of amides is 2. The van der Waals surface area contributed by atoms with Crippen LogP contribution in [0.1, 0.15) is 22.1 Å². The molecule has 33 heavy (non-hydrogen) atoms. The Balaban J connectivity index is 1.42. The zero-order valence-electron chi connectivity index (χ0n) is 18.3. The molecule has 2 amide bonds. The largest absolute Gasteiger partial charge is 0.497 e. The van der Waals surface area contributed by atoms with Crippen LogP contribution in [-0.2, 0) is 27.3 Å². The second kappa shape index (κ2) is 10.6. The molecule has 2 atom stereocenters. The minimum Gasteiger partial charge on any atom is -0.497 e. The summed E-state index contributed by atoms with van der Waals surface area (Å²) in [5.41, 5.74) is 2.24. The molecule has 2 N–H and O–H groups in total. The average Bonchev–Trinajstić information content (AvgIpc) is 3.34. The summed E-state index contributed by atoms with van der Waals surface area (Å²) in [5, 5.41) is 15.9. The van der Waals surface area contributed by atoms with Gasteiger partial charge in [-0.15, -0.1) is 11.3 Å². The van der Waals surface area contributed by atoms with Crippen molar-refractivity contribution in [2.45, 2.75) is 25.1 Å². The van der Waals surface area contributed by atoms with E-state index in [2.05, 4.69) is 5.32 Å². The van der Waals surface area contributed by atoms with Crippen molar-refractivity contribution in [1.29, 1.82) is 0 Å². The SMILES string of the molecule is COc1ccc(CN2C(=O)COC[C@@H]2[C@H](O)c2ccc(NC(=O)Cc3cccs3)cc2)cc1. The standard InChI is InChI=1S/C25H26N2O5S/c1-31-20-10-4-17(5-11-20)14-27-22(15-32-16-24(27)29)25(30)18-6-8-19(9-7-18)26-23(28)13-21-3-2-12-33-21/h2-12,22,25,30H,13-16H2,1H3,(H,26,28)/t22-,25-/m1/s1. The molecule has 1 saturated heterocycles. The number of carbonyl (C=O) groups is 2. The van der Waals surface area contributed by atoms with E-state index < -0.39 is 12.1 Å². The van der Waals surface area contributed by atoms with Crippen LogP contribution in [0.5, 0.6) is 5.75 Å². The Labute approximate surface area is 196 Å². The van der Waals surface area contributed by atoms with E-state index in [1.165, 1.54) is 0 Å². The lowest BCUT2D eigenvalue weighted by molar-refractivity contribution is -0.155. The molecule has 1 aromatic heterocycles. The number of carbonyl (C=O) groups excluding carboxylic acids is 2. The molecular weight excluding hydrogens is 440 g/mol. The lowest BCUT2D eigenvalue weighted by Crippen LogP contribution is -2.51. The minimum atomic E-state index is -0.927. The van der Waals surface area contributed by atoms with Crippen LogP contribution in [0.2, 0.25) is 0 Å². The molecule has 8 heteroatoms. The molecule has 0 bridgehead atoms. The quantitative estimate of drug-likeness (QED) is 0.531. The Morgan fingerprint density at radius 2 is 1.97 bits per heavy atom. The number of benzene rings is 2. The van der Waals surface area contributed by atoms with Crippen LogP contribution in [0.15, 0.2) is 66.0 Å². The number of nitrogens with zero attached hydrogens (tertiary/aromatic N) is 1. The predicted octanol–water partition coefficient (Wildman–Crippen LogP) is 3.40. The highest BCUT2D eigenvalue weighted by molar-refractivity contribution is 7.10. The number of rotatable bonds is 8.